The Kier molecular flexibility index (Phi) is 4.38. The molecular weight excluding hydrogens is 237 g/mol. The van der Waals surface area contributed by atoms with E-state index < -0.39 is 0 Å². The minimum atomic E-state index is -0.279. The number of nitrogens with zero attached hydrogens (tertiary/aromatic N) is 1. The van der Waals surface area contributed by atoms with Gasteiger partial charge in [0.1, 0.15) is 0 Å². The van der Waals surface area contributed by atoms with Crippen molar-refractivity contribution in [2.75, 3.05) is 17.9 Å². The molecule has 18 heavy (non-hydrogen) atoms. The second-order valence-corrected chi connectivity index (χ2v) is 6.87. The van der Waals surface area contributed by atoms with Crippen LogP contribution in [0.4, 0.5) is 5.69 Å². The first-order valence-corrected chi connectivity index (χ1v) is 7.84. The molecule has 0 aromatic heterocycles. The first kappa shape index (κ1) is 13.1. The molecule has 1 atom stereocenters. The van der Waals surface area contributed by atoms with Crippen molar-refractivity contribution in [3.8, 4) is 0 Å². The smallest absolute Gasteiger partial charge is 0.0398 e. The van der Waals surface area contributed by atoms with E-state index in [9.17, 15) is 0 Å². The first-order chi connectivity index (χ1) is 8.74. The van der Waals surface area contributed by atoms with Gasteiger partial charge in [-0.1, -0.05) is 49.4 Å². The zero-order valence-corrected chi connectivity index (χ0v) is 12.2. The minimum Gasteiger partial charge on any atom is -0.350 e. The SMILES string of the molecule is CCP(c1ccccc1C)N(C)c1ccccc1. The predicted octanol–water partition coefficient (Wildman–Crippen LogP) is 4.17. The number of para-hydroxylation sites is 1. The summed E-state index contributed by atoms with van der Waals surface area (Å²) in [6, 6.07) is 19.4. The lowest BCUT2D eigenvalue weighted by atomic mass is 10.2. The molecule has 0 amide bonds. The maximum atomic E-state index is 2.43. The Morgan fingerprint density at radius 1 is 0.944 bits per heavy atom. The fourth-order valence-corrected chi connectivity index (χ4v) is 4.42. The van der Waals surface area contributed by atoms with Crippen LogP contribution in [0.1, 0.15) is 12.5 Å². The van der Waals surface area contributed by atoms with Crippen LogP contribution < -0.4 is 9.97 Å². The number of aryl methyl sites for hydroxylation is 1. The van der Waals surface area contributed by atoms with Crippen LogP contribution in [0.15, 0.2) is 54.6 Å². The zero-order valence-electron chi connectivity index (χ0n) is 11.3. The summed E-state index contributed by atoms with van der Waals surface area (Å²) >= 11 is 0. The van der Waals surface area contributed by atoms with E-state index in [4.69, 9.17) is 0 Å². The highest BCUT2D eigenvalue weighted by Crippen LogP contribution is 2.41. The van der Waals surface area contributed by atoms with Gasteiger partial charge in [-0.3, -0.25) is 0 Å². The van der Waals surface area contributed by atoms with E-state index in [1.165, 1.54) is 22.7 Å². The molecule has 0 fully saturated rings. The Morgan fingerprint density at radius 3 is 2.17 bits per heavy atom. The molecule has 0 bridgehead atoms. The van der Waals surface area contributed by atoms with Crippen LogP contribution >= 0.6 is 8.07 Å². The molecule has 2 heteroatoms. The second-order valence-electron chi connectivity index (χ2n) is 4.36. The second kappa shape index (κ2) is 6.02. The Balaban J connectivity index is 2.32. The predicted molar refractivity (Wildman–Crippen MR) is 83.1 cm³/mol. The van der Waals surface area contributed by atoms with Gasteiger partial charge in [0.25, 0.3) is 0 Å². The molecule has 0 heterocycles. The molecule has 0 spiro atoms. The number of benzene rings is 2. The van der Waals surface area contributed by atoms with Crippen molar-refractivity contribution >= 4 is 19.1 Å². The molecule has 2 aromatic rings. The van der Waals surface area contributed by atoms with Gasteiger partial charge in [-0.25, -0.2) is 0 Å². The summed E-state index contributed by atoms with van der Waals surface area (Å²) in [5, 5.41) is 1.49. The van der Waals surface area contributed by atoms with Gasteiger partial charge >= 0.3 is 0 Å². The van der Waals surface area contributed by atoms with Gasteiger partial charge in [0.05, 0.1) is 0 Å². The summed E-state index contributed by atoms with van der Waals surface area (Å²) in [5.41, 5.74) is 2.70. The van der Waals surface area contributed by atoms with Crippen LogP contribution in [0.3, 0.4) is 0 Å². The lowest BCUT2D eigenvalue weighted by molar-refractivity contribution is 1.31. The van der Waals surface area contributed by atoms with Crippen LogP contribution in [0.25, 0.3) is 0 Å². The fraction of sp³-hybridized carbons (Fsp3) is 0.250. The molecule has 0 N–H and O–H groups in total. The van der Waals surface area contributed by atoms with Crippen molar-refractivity contribution in [3.63, 3.8) is 0 Å². The number of rotatable bonds is 4. The number of anilines is 1. The van der Waals surface area contributed by atoms with Crippen molar-refractivity contribution in [1.29, 1.82) is 0 Å². The summed E-state index contributed by atoms with van der Waals surface area (Å²) in [7, 11) is 1.93. The molecule has 0 aliphatic heterocycles. The van der Waals surface area contributed by atoms with E-state index in [0.29, 0.717) is 0 Å². The quantitative estimate of drug-likeness (QED) is 0.743. The van der Waals surface area contributed by atoms with E-state index in [-0.39, 0.29) is 8.07 Å². The van der Waals surface area contributed by atoms with Crippen LogP contribution in [0.2, 0.25) is 0 Å². The largest absolute Gasteiger partial charge is 0.350 e. The summed E-state index contributed by atoms with van der Waals surface area (Å²) in [6.45, 7) is 4.48. The molecular formula is C16H20NP. The maximum absolute atomic E-state index is 2.43. The van der Waals surface area contributed by atoms with Crippen LogP contribution in [-0.4, -0.2) is 13.2 Å². The summed E-state index contributed by atoms with van der Waals surface area (Å²) < 4.78 is 2.43. The van der Waals surface area contributed by atoms with E-state index >= 15 is 0 Å². The van der Waals surface area contributed by atoms with E-state index in [1.54, 1.807) is 0 Å². The summed E-state index contributed by atoms with van der Waals surface area (Å²) in [6.07, 6.45) is 1.17. The average molecular weight is 257 g/mol. The van der Waals surface area contributed by atoms with Crippen molar-refractivity contribution in [1.82, 2.24) is 0 Å². The van der Waals surface area contributed by atoms with Crippen molar-refractivity contribution < 1.29 is 0 Å². The van der Waals surface area contributed by atoms with Gasteiger partial charge in [0.2, 0.25) is 0 Å². The Bertz CT molecular complexity index is 495. The molecule has 0 radical (unpaired) electrons. The third kappa shape index (κ3) is 2.73. The van der Waals surface area contributed by atoms with Gasteiger partial charge in [-0.15, -0.1) is 0 Å². The van der Waals surface area contributed by atoms with Gasteiger partial charge in [0, 0.05) is 20.8 Å². The first-order valence-electron chi connectivity index (χ1n) is 6.36. The highest BCUT2D eigenvalue weighted by Gasteiger charge is 2.16. The molecule has 1 unspecified atom stereocenters. The van der Waals surface area contributed by atoms with E-state index in [2.05, 4.69) is 80.2 Å². The summed E-state index contributed by atoms with van der Waals surface area (Å²) in [5.74, 6) is 0. The lowest BCUT2D eigenvalue weighted by Crippen LogP contribution is -2.20. The third-order valence-electron chi connectivity index (χ3n) is 3.19. The number of hydrogen-bond donors (Lipinski definition) is 0. The molecule has 0 saturated heterocycles. The average Bonchev–Trinajstić information content (AvgIpc) is 2.42. The molecule has 94 valence electrons. The molecule has 1 nitrogen and oxygen atoms in total. The maximum Gasteiger partial charge on any atom is 0.0398 e. The normalized spacial score (nSPS) is 12.2. The van der Waals surface area contributed by atoms with Crippen molar-refractivity contribution in [2.45, 2.75) is 13.8 Å². The Hall–Kier alpha value is -1.33. The molecule has 0 aliphatic carbocycles. The highest BCUT2D eigenvalue weighted by atomic mass is 31.1. The molecule has 0 aliphatic rings. The van der Waals surface area contributed by atoms with Crippen molar-refractivity contribution in [2.24, 2.45) is 0 Å². The fourth-order valence-electron chi connectivity index (χ4n) is 2.18. The van der Waals surface area contributed by atoms with Crippen molar-refractivity contribution in [3.05, 3.63) is 60.2 Å². The van der Waals surface area contributed by atoms with Crippen LogP contribution in [0, 0.1) is 6.92 Å². The molecule has 2 rings (SSSR count). The van der Waals surface area contributed by atoms with Gasteiger partial charge in [-0.05, 0) is 36.1 Å². The van der Waals surface area contributed by atoms with Crippen LogP contribution in [0.5, 0.6) is 0 Å². The van der Waals surface area contributed by atoms with Gasteiger partial charge < -0.3 is 4.67 Å². The molecule has 0 saturated carbocycles. The Labute approximate surface area is 111 Å². The topological polar surface area (TPSA) is 3.24 Å². The zero-order chi connectivity index (χ0) is 13.0. The molecule has 2 aromatic carbocycles. The monoisotopic (exact) mass is 257 g/mol. The van der Waals surface area contributed by atoms with Gasteiger partial charge in [-0.2, -0.15) is 0 Å². The number of hydrogen-bond acceptors (Lipinski definition) is 1. The van der Waals surface area contributed by atoms with Crippen LogP contribution in [-0.2, 0) is 0 Å². The lowest BCUT2D eigenvalue weighted by Gasteiger charge is -2.30. The van der Waals surface area contributed by atoms with E-state index in [0.717, 1.165) is 0 Å². The minimum absolute atomic E-state index is 0.279. The standard InChI is InChI=1S/C16H20NP/c1-4-18(16-13-9-8-10-14(16)2)17(3)15-11-6-5-7-12-15/h5-13H,4H2,1-3H3. The summed E-state index contributed by atoms with van der Waals surface area (Å²) in [4.78, 5) is 0. The van der Waals surface area contributed by atoms with Gasteiger partial charge in [0.15, 0.2) is 0 Å². The Morgan fingerprint density at radius 2 is 1.56 bits per heavy atom. The highest BCUT2D eigenvalue weighted by molar-refractivity contribution is 7.67. The third-order valence-corrected chi connectivity index (χ3v) is 5.80. The van der Waals surface area contributed by atoms with E-state index in [1.807, 2.05) is 0 Å².